The molecule has 2 amide bonds. The molecule has 3 aromatic carbocycles. The summed E-state index contributed by atoms with van der Waals surface area (Å²) in [5.41, 5.74) is 4.84. The number of thioether (sulfide) groups is 1. The van der Waals surface area contributed by atoms with Crippen LogP contribution in [0, 0.1) is 18.8 Å². The van der Waals surface area contributed by atoms with Gasteiger partial charge in [0.05, 0.1) is 17.1 Å². The number of hydrogen-bond acceptors (Lipinski definition) is 3. The van der Waals surface area contributed by atoms with Gasteiger partial charge in [-0.25, -0.2) is 0 Å². The number of likely N-dealkylation sites (tertiary alicyclic amines) is 1. The number of amides is 2. The lowest BCUT2D eigenvalue weighted by molar-refractivity contribution is -0.114. The maximum absolute atomic E-state index is 13.6. The van der Waals surface area contributed by atoms with Crippen molar-refractivity contribution in [1.82, 2.24) is 4.90 Å². The molecule has 0 saturated carbocycles. The van der Waals surface area contributed by atoms with Crippen molar-refractivity contribution in [3.63, 3.8) is 0 Å². The Balaban J connectivity index is 1.38. The fourth-order valence-electron chi connectivity index (χ4n) is 5.30. The first-order chi connectivity index (χ1) is 17.4. The van der Waals surface area contributed by atoms with E-state index in [0.717, 1.165) is 34.8 Å². The summed E-state index contributed by atoms with van der Waals surface area (Å²) in [6.07, 6.45) is 3.11. The topological polar surface area (TPSA) is 40.6 Å². The van der Waals surface area contributed by atoms with E-state index in [0.29, 0.717) is 28.8 Å². The predicted octanol–water partition coefficient (Wildman–Crippen LogP) is 6.79. The highest BCUT2D eigenvalue weighted by Crippen LogP contribution is 2.42. The molecule has 2 aliphatic rings. The third kappa shape index (κ3) is 5.26. The molecule has 36 heavy (non-hydrogen) atoms. The minimum absolute atomic E-state index is 0.00310. The Hall–Kier alpha value is -3.31. The van der Waals surface area contributed by atoms with Crippen molar-refractivity contribution in [1.29, 1.82) is 0 Å². The number of hydrogen-bond donors (Lipinski definition) is 0. The molecule has 0 bridgehead atoms. The van der Waals surface area contributed by atoms with Crippen LogP contribution in [-0.4, -0.2) is 29.8 Å². The number of nitrogens with zero attached hydrogens (tertiary/aromatic N) is 2. The van der Waals surface area contributed by atoms with Crippen molar-refractivity contribution < 1.29 is 9.59 Å². The van der Waals surface area contributed by atoms with Gasteiger partial charge in [-0.05, 0) is 66.6 Å². The highest BCUT2D eigenvalue weighted by atomic mass is 32.2. The first-order valence-electron chi connectivity index (χ1n) is 12.6. The van der Waals surface area contributed by atoms with E-state index in [2.05, 4.69) is 45.0 Å². The van der Waals surface area contributed by atoms with E-state index in [1.54, 1.807) is 0 Å². The van der Waals surface area contributed by atoms with Crippen LogP contribution in [0.4, 0.5) is 5.69 Å². The second kappa shape index (κ2) is 10.4. The van der Waals surface area contributed by atoms with E-state index in [1.165, 1.54) is 23.7 Å². The molecule has 3 aromatic rings. The van der Waals surface area contributed by atoms with Crippen LogP contribution in [0.25, 0.3) is 6.08 Å². The fourth-order valence-corrected chi connectivity index (χ4v) is 6.36. The maximum atomic E-state index is 13.6. The zero-order valence-electron chi connectivity index (χ0n) is 21.1. The molecule has 0 spiro atoms. The van der Waals surface area contributed by atoms with Crippen LogP contribution in [0.1, 0.15) is 47.3 Å². The molecular formula is C31H32N2O2S. The number of aryl methyl sites for hydroxylation is 1. The van der Waals surface area contributed by atoms with Crippen LogP contribution >= 0.6 is 11.8 Å². The highest BCUT2D eigenvalue weighted by Gasteiger charge is 2.29. The molecule has 0 radical (unpaired) electrons. The number of fused-ring (bicyclic) bond motifs is 1. The summed E-state index contributed by atoms with van der Waals surface area (Å²) in [5, 5.41) is 0. The molecule has 1 saturated heterocycles. The molecule has 4 nitrogen and oxygen atoms in total. The predicted molar refractivity (Wildman–Crippen MR) is 148 cm³/mol. The maximum Gasteiger partial charge on any atom is 0.265 e. The van der Waals surface area contributed by atoms with Gasteiger partial charge in [-0.3, -0.25) is 9.59 Å². The summed E-state index contributed by atoms with van der Waals surface area (Å²) in [4.78, 5) is 32.3. The second-order valence-electron chi connectivity index (χ2n) is 10.2. The van der Waals surface area contributed by atoms with Gasteiger partial charge in [0.15, 0.2) is 0 Å². The molecule has 1 fully saturated rings. The molecule has 5 rings (SSSR count). The van der Waals surface area contributed by atoms with Gasteiger partial charge in [-0.2, -0.15) is 0 Å². The highest BCUT2D eigenvalue weighted by molar-refractivity contribution is 8.04. The minimum atomic E-state index is -0.00310. The lowest BCUT2D eigenvalue weighted by atomic mass is 9.91. The number of rotatable bonds is 4. The quantitative estimate of drug-likeness (QED) is 0.373. The van der Waals surface area contributed by atoms with Crippen LogP contribution in [0.15, 0.2) is 82.6 Å². The third-order valence-corrected chi connectivity index (χ3v) is 7.94. The lowest BCUT2D eigenvalue weighted by Crippen LogP contribution is -2.42. The van der Waals surface area contributed by atoms with Crippen molar-refractivity contribution in [3.8, 4) is 0 Å². The Labute approximate surface area is 218 Å². The first kappa shape index (κ1) is 24.4. The van der Waals surface area contributed by atoms with Crippen LogP contribution in [0.2, 0.25) is 0 Å². The van der Waals surface area contributed by atoms with Gasteiger partial charge in [0.1, 0.15) is 0 Å². The second-order valence-corrected chi connectivity index (χ2v) is 11.3. The summed E-state index contributed by atoms with van der Waals surface area (Å²) >= 11 is 1.51. The fraction of sp³-hybridized carbons (Fsp3) is 0.290. The molecule has 0 N–H and O–H groups in total. The average molecular weight is 497 g/mol. The molecule has 2 unspecified atom stereocenters. The Morgan fingerprint density at radius 3 is 2.42 bits per heavy atom. The summed E-state index contributed by atoms with van der Waals surface area (Å²) in [7, 11) is 0. The van der Waals surface area contributed by atoms with Crippen LogP contribution in [-0.2, 0) is 11.3 Å². The number of carbonyl (C=O) groups is 2. The van der Waals surface area contributed by atoms with E-state index in [-0.39, 0.29) is 11.8 Å². The molecule has 2 atom stereocenters. The van der Waals surface area contributed by atoms with E-state index in [9.17, 15) is 9.59 Å². The molecule has 184 valence electrons. The van der Waals surface area contributed by atoms with Gasteiger partial charge in [-0.1, -0.05) is 79.7 Å². The van der Waals surface area contributed by atoms with Crippen LogP contribution in [0.5, 0.6) is 0 Å². The first-order valence-corrected chi connectivity index (χ1v) is 13.4. The zero-order valence-corrected chi connectivity index (χ0v) is 21.9. The Morgan fingerprint density at radius 1 is 0.972 bits per heavy atom. The third-order valence-electron chi connectivity index (χ3n) is 6.87. The lowest BCUT2D eigenvalue weighted by Gasteiger charge is -2.35. The van der Waals surface area contributed by atoms with Crippen molar-refractivity contribution in [3.05, 3.63) is 100.0 Å². The minimum Gasteiger partial charge on any atom is -0.338 e. The van der Waals surface area contributed by atoms with Crippen molar-refractivity contribution in [2.45, 2.75) is 38.6 Å². The molecule has 2 heterocycles. The van der Waals surface area contributed by atoms with Crippen LogP contribution in [0.3, 0.4) is 0 Å². The van der Waals surface area contributed by atoms with E-state index in [4.69, 9.17) is 0 Å². The van der Waals surface area contributed by atoms with Gasteiger partial charge in [-0.15, -0.1) is 0 Å². The largest absolute Gasteiger partial charge is 0.338 e. The molecule has 5 heteroatoms. The van der Waals surface area contributed by atoms with Gasteiger partial charge in [0.2, 0.25) is 0 Å². The Bertz CT molecular complexity index is 1300. The summed E-state index contributed by atoms with van der Waals surface area (Å²) in [6.45, 7) is 8.65. The summed E-state index contributed by atoms with van der Waals surface area (Å²) < 4.78 is 0. The monoisotopic (exact) mass is 496 g/mol. The molecule has 0 aliphatic carbocycles. The number of para-hydroxylation sites is 1. The average Bonchev–Trinajstić information content (AvgIpc) is 2.86. The molecular weight excluding hydrogens is 464 g/mol. The number of benzene rings is 3. The molecule has 2 aliphatic heterocycles. The number of carbonyl (C=O) groups excluding carboxylic acids is 2. The Morgan fingerprint density at radius 2 is 1.69 bits per heavy atom. The Kier molecular flexibility index (Phi) is 7.01. The van der Waals surface area contributed by atoms with E-state index >= 15 is 0 Å². The number of anilines is 1. The van der Waals surface area contributed by atoms with E-state index < -0.39 is 0 Å². The SMILES string of the molecule is Cc1cccc(CN2C(=O)C(=Cc3ccc(C(=O)N4CC(C)CC(C)C4)cc3)Sc3ccccc32)c1. The van der Waals surface area contributed by atoms with Gasteiger partial charge in [0.25, 0.3) is 11.8 Å². The molecule has 0 aromatic heterocycles. The van der Waals surface area contributed by atoms with Gasteiger partial charge >= 0.3 is 0 Å². The zero-order chi connectivity index (χ0) is 25.2. The van der Waals surface area contributed by atoms with Gasteiger partial charge < -0.3 is 9.80 Å². The summed E-state index contributed by atoms with van der Waals surface area (Å²) in [6, 6.07) is 24.0. The standard InChI is InChI=1S/C31H32N2O2S/c1-21-7-6-8-25(16-21)20-33-27-9-4-5-10-28(27)36-29(31(33)35)17-24-11-13-26(14-12-24)30(34)32-18-22(2)15-23(3)19-32/h4-14,16-17,22-23H,15,18-20H2,1-3H3. The normalized spacial score (nSPS) is 21.0. The van der Waals surface area contributed by atoms with Gasteiger partial charge in [0, 0.05) is 23.5 Å². The number of piperidine rings is 1. The van der Waals surface area contributed by atoms with Crippen molar-refractivity contribution in [2.75, 3.05) is 18.0 Å². The van der Waals surface area contributed by atoms with E-state index in [1.807, 2.05) is 64.4 Å². The summed E-state index contributed by atoms with van der Waals surface area (Å²) in [5.74, 6) is 1.15. The smallest absolute Gasteiger partial charge is 0.265 e. The van der Waals surface area contributed by atoms with Crippen molar-refractivity contribution in [2.24, 2.45) is 11.8 Å². The van der Waals surface area contributed by atoms with Crippen molar-refractivity contribution >= 4 is 35.3 Å². The van der Waals surface area contributed by atoms with Crippen LogP contribution < -0.4 is 4.90 Å².